The van der Waals surface area contributed by atoms with Gasteiger partial charge >= 0.3 is 0 Å². The van der Waals surface area contributed by atoms with Gasteiger partial charge in [0.05, 0.1) is 11.0 Å². The van der Waals surface area contributed by atoms with Crippen LogP contribution in [0, 0.1) is 0 Å². The summed E-state index contributed by atoms with van der Waals surface area (Å²) in [6, 6.07) is 47.0. The lowest BCUT2D eigenvalue weighted by atomic mass is 9.89. The summed E-state index contributed by atoms with van der Waals surface area (Å²) in [4.78, 5) is 3.40. The summed E-state index contributed by atoms with van der Waals surface area (Å²) in [5.41, 5.74) is 19.4. The highest BCUT2D eigenvalue weighted by molar-refractivity contribution is 6.13. The molecule has 0 bridgehead atoms. The maximum atomic E-state index is 3.40. The summed E-state index contributed by atoms with van der Waals surface area (Å²) in [7, 11) is 0. The molecule has 55 heavy (non-hydrogen) atoms. The third-order valence-electron chi connectivity index (χ3n) is 11.0. The number of H-pyrrole nitrogens is 1. The topological polar surface area (TPSA) is 20.7 Å². The molecule has 2 aromatic heterocycles. The summed E-state index contributed by atoms with van der Waals surface area (Å²) in [6.45, 7) is 6.14. The van der Waals surface area contributed by atoms with E-state index in [1.807, 2.05) is 20.0 Å². The van der Waals surface area contributed by atoms with Crippen LogP contribution < -0.4 is 0 Å². The van der Waals surface area contributed by atoms with E-state index in [1.54, 1.807) is 0 Å². The molecule has 11 rings (SSSR count). The van der Waals surface area contributed by atoms with E-state index in [-0.39, 0.29) is 0 Å². The summed E-state index contributed by atoms with van der Waals surface area (Å²) in [5, 5.41) is 3.76. The van der Waals surface area contributed by atoms with Gasteiger partial charge in [-0.1, -0.05) is 153 Å². The van der Waals surface area contributed by atoms with Gasteiger partial charge in [-0.15, -0.1) is 0 Å². The molecule has 0 saturated carbocycles. The first-order valence-electron chi connectivity index (χ1n) is 19.5. The second-order valence-corrected chi connectivity index (χ2v) is 14.2. The number of para-hydroxylation sites is 1. The van der Waals surface area contributed by atoms with E-state index in [0.29, 0.717) is 0 Å². The molecule has 6 aromatic carbocycles. The Hall–Kier alpha value is -6.64. The molecule has 266 valence electrons. The standard InChI is InChI=1S/C43H28N2.C8H10.C2H6/c1-2-9-27(10-3-1)28-17-18-33-37-20-19-32(35-14-4-5-15-36(43(35)37)38(33)24-28)29-11-8-12-31(23-29)45-41-16-7-6-13-34(41)39-26-40-30(21-22-44-40)25-42(39)45;1-8-6-4-2-3-5-7-8;1-2/h1-13,15-26,44H,14H2;2-6H,7H2,1H3;1-2H3. The van der Waals surface area contributed by atoms with Crippen molar-refractivity contribution in [2.75, 3.05) is 0 Å². The number of rotatable bonds is 3. The van der Waals surface area contributed by atoms with Crippen LogP contribution in [0.25, 0.3) is 77.3 Å². The molecule has 0 unspecified atom stereocenters. The molecule has 1 N–H and O–H groups in total. The van der Waals surface area contributed by atoms with Crippen molar-refractivity contribution in [2.45, 2.75) is 33.6 Å². The van der Waals surface area contributed by atoms with Crippen molar-refractivity contribution in [1.29, 1.82) is 0 Å². The first-order valence-corrected chi connectivity index (χ1v) is 19.5. The number of hydrogen-bond acceptors (Lipinski definition) is 0. The summed E-state index contributed by atoms with van der Waals surface area (Å²) in [6.07, 6.45) is 21.4. The Balaban J connectivity index is 0.000000352. The van der Waals surface area contributed by atoms with Gasteiger partial charge in [-0.05, 0) is 118 Å². The molecular formula is C53H44N2. The minimum absolute atomic E-state index is 0.906. The maximum Gasteiger partial charge on any atom is 0.0548 e. The second-order valence-electron chi connectivity index (χ2n) is 14.2. The highest BCUT2D eigenvalue weighted by atomic mass is 15.0. The van der Waals surface area contributed by atoms with Crippen LogP contribution in [0.1, 0.15) is 43.9 Å². The van der Waals surface area contributed by atoms with Crippen molar-refractivity contribution in [2.24, 2.45) is 0 Å². The van der Waals surface area contributed by atoms with Crippen molar-refractivity contribution in [1.82, 2.24) is 9.55 Å². The molecule has 0 aliphatic heterocycles. The first kappa shape index (κ1) is 34.1. The molecule has 0 atom stereocenters. The minimum atomic E-state index is 0.906. The van der Waals surface area contributed by atoms with Crippen LogP contribution in [0.5, 0.6) is 0 Å². The van der Waals surface area contributed by atoms with Crippen molar-refractivity contribution in [3.63, 3.8) is 0 Å². The Labute approximate surface area is 323 Å². The number of aromatic nitrogens is 2. The van der Waals surface area contributed by atoms with Crippen molar-refractivity contribution >= 4 is 38.3 Å². The number of allylic oxidation sites excluding steroid dienone is 9. The van der Waals surface area contributed by atoms with E-state index in [4.69, 9.17) is 0 Å². The van der Waals surface area contributed by atoms with Gasteiger partial charge in [0.25, 0.3) is 0 Å². The SMILES string of the molecule is C1=CCc2c(-c3cccc(-n4c5ccccc5c5cc6[nH]ccc6cc54)c3)ccc3c2C(=C1)c1cc(-c2ccccc2)ccc1-3.CC.CC1=CC=CC=CC1. The lowest BCUT2D eigenvalue weighted by molar-refractivity contribution is 1.18. The second kappa shape index (κ2) is 14.6. The quantitative estimate of drug-likeness (QED) is 0.189. The van der Waals surface area contributed by atoms with Gasteiger partial charge in [-0.2, -0.15) is 0 Å². The normalized spacial score (nSPS) is 13.6. The van der Waals surface area contributed by atoms with Crippen LogP contribution in [0.3, 0.4) is 0 Å². The van der Waals surface area contributed by atoms with E-state index in [2.05, 4.69) is 192 Å². The van der Waals surface area contributed by atoms with Crippen LogP contribution in [0.4, 0.5) is 0 Å². The average Bonchev–Trinajstić information content (AvgIpc) is 3.78. The molecule has 0 amide bonds. The molecule has 8 aromatic rings. The van der Waals surface area contributed by atoms with E-state index < -0.39 is 0 Å². The summed E-state index contributed by atoms with van der Waals surface area (Å²) in [5.74, 6) is 0. The highest BCUT2D eigenvalue weighted by Crippen LogP contribution is 2.50. The zero-order valence-electron chi connectivity index (χ0n) is 31.7. The molecule has 0 fully saturated rings. The van der Waals surface area contributed by atoms with Gasteiger partial charge in [-0.25, -0.2) is 0 Å². The third-order valence-corrected chi connectivity index (χ3v) is 11.0. The highest BCUT2D eigenvalue weighted by Gasteiger charge is 2.28. The van der Waals surface area contributed by atoms with Gasteiger partial charge in [0.2, 0.25) is 0 Å². The largest absolute Gasteiger partial charge is 0.361 e. The minimum Gasteiger partial charge on any atom is -0.361 e. The lowest BCUT2D eigenvalue weighted by Gasteiger charge is -2.16. The number of hydrogen-bond donors (Lipinski definition) is 1. The molecule has 2 heterocycles. The van der Waals surface area contributed by atoms with E-state index in [9.17, 15) is 0 Å². The molecule has 2 heteroatoms. The Kier molecular flexibility index (Phi) is 9.09. The molecule has 3 aliphatic carbocycles. The molecule has 0 radical (unpaired) electrons. The fraction of sp³-hybridized carbons (Fsp3) is 0.0943. The van der Waals surface area contributed by atoms with E-state index >= 15 is 0 Å². The van der Waals surface area contributed by atoms with Crippen LogP contribution in [-0.2, 0) is 6.42 Å². The fourth-order valence-corrected chi connectivity index (χ4v) is 8.42. The van der Waals surface area contributed by atoms with Crippen LogP contribution >= 0.6 is 0 Å². The first-order chi connectivity index (χ1) is 27.2. The Morgan fingerprint density at radius 2 is 1.33 bits per heavy atom. The maximum absolute atomic E-state index is 3.40. The van der Waals surface area contributed by atoms with Crippen molar-refractivity contribution < 1.29 is 0 Å². The Morgan fingerprint density at radius 3 is 2.24 bits per heavy atom. The third kappa shape index (κ3) is 6.10. The van der Waals surface area contributed by atoms with Gasteiger partial charge in [0, 0.05) is 33.6 Å². The fourth-order valence-electron chi connectivity index (χ4n) is 8.42. The van der Waals surface area contributed by atoms with Crippen molar-refractivity contribution in [3.8, 4) is 39.1 Å². The van der Waals surface area contributed by atoms with Gasteiger partial charge in [0.15, 0.2) is 0 Å². The van der Waals surface area contributed by atoms with Gasteiger partial charge in [0.1, 0.15) is 0 Å². The molecular weight excluding hydrogens is 665 g/mol. The number of benzene rings is 6. The zero-order chi connectivity index (χ0) is 37.3. The molecule has 3 aliphatic rings. The van der Waals surface area contributed by atoms with Crippen LogP contribution in [0.15, 0.2) is 188 Å². The predicted octanol–water partition coefficient (Wildman–Crippen LogP) is 14.6. The number of nitrogens with one attached hydrogen (secondary N) is 1. The Bertz CT molecular complexity index is 2880. The van der Waals surface area contributed by atoms with Gasteiger partial charge < -0.3 is 9.55 Å². The number of fused-ring (bicyclic) bond motifs is 7. The predicted molar refractivity (Wildman–Crippen MR) is 237 cm³/mol. The van der Waals surface area contributed by atoms with Crippen LogP contribution in [-0.4, -0.2) is 9.55 Å². The summed E-state index contributed by atoms with van der Waals surface area (Å²) >= 11 is 0. The van der Waals surface area contributed by atoms with Crippen LogP contribution in [0.2, 0.25) is 0 Å². The number of nitrogens with zero attached hydrogens (tertiary/aromatic N) is 1. The van der Waals surface area contributed by atoms with Gasteiger partial charge in [-0.3, -0.25) is 0 Å². The zero-order valence-corrected chi connectivity index (χ0v) is 31.7. The lowest BCUT2D eigenvalue weighted by Crippen LogP contribution is -1.97. The molecule has 0 spiro atoms. The van der Waals surface area contributed by atoms with E-state index in [0.717, 1.165) is 12.8 Å². The molecule has 2 nitrogen and oxygen atoms in total. The summed E-state index contributed by atoms with van der Waals surface area (Å²) < 4.78 is 2.43. The number of aromatic amines is 1. The van der Waals surface area contributed by atoms with E-state index in [1.165, 1.54) is 99.6 Å². The Morgan fingerprint density at radius 1 is 0.527 bits per heavy atom. The van der Waals surface area contributed by atoms with Crippen molar-refractivity contribution in [3.05, 3.63) is 204 Å². The smallest absolute Gasteiger partial charge is 0.0548 e. The average molecular weight is 709 g/mol. The molecule has 0 saturated heterocycles. The monoisotopic (exact) mass is 708 g/mol.